The van der Waals surface area contributed by atoms with Crippen LogP contribution in [0.5, 0.6) is 0 Å². The van der Waals surface area contributed by atoms with Gasteiger partial charge in [-0.05, 0) is 24.1 Å². The van der Waals surface area contributed by atoms with Crippen molar-refractivity contribution in [2.24, 2.45) is 5.73 Å². The molecule has 0 saturated carbocycles. The number of nitrogens with zero attached hydrogens (tertiary/aromatic N) is 3. The number of hydrogen-bond acceptors (Lipinski definition) is 5. The molecule has 21 heavy (non-hydrogen) atoms. The minimum absolute atomic E-state index is 0.346. The largest absolute Gasteiger partial charge is 0.337 e. The van der Waals surface area contributed by atoms with Gasteiger partial charge < -0.3 is 10.3 Å². The summed E-state index contributed by atoms with van der Waals surface area (Å²) in [7, 11) is 0. The van der Waals surface area contributed by atoms with E-state index in [2.05, 4.69) is 15.1 Å². The molecule has 5 nitrogen and oxygen atoms in total. The van der Waals surface area contributed by atoms with Gasteiger partial charge in [-0.1, -0.05) is 47.1 Å². The van der Waals surface area contributed by atoms with E-state index in [-0.39, 0.29) is 6.04 Å². The Morgan fingerprint density at radius 3 is 2.71 bits per heavy atom. The molecule has 6 heteroatoms. The van der Waals surface area contributed by atoms with E-state index in [1.54, 1.807) is 18.3 Å². The quantitative estimate of drug-likeness (QED) is 0.801. The lowest BCUT2D eigenvalue weighted by molar-refractivity contribution is 0.354. The second-order valence-corrected chi connectivity index (χ2v) is 4.99. The third kappa shape index (κ3) is 3.09. The summed E-state index contributed by atoms with van der Waals surface area (Å²) in [6, 6.07) is 13.0. The smallest absolute Gasteiger partial charge is 0.244 e. The van der Waals surface area contributed by atoms with E-state index in [1.165, 1.54) is 0 Å². The molecule has 3 aromatic rings. The van der Waals surface area contributed by atoms with Crippen LogP contribution in [0.25, 0.3) is 11.5 Å². The number of rotatable bonds is 4. The molecular weight excluding hydrogens is 288 g/mol. The normalized spacial score (nSPS) is 12.3. The van der Waals surface area contributed by atoms with E-state index in [0.717, 1.165) is 5.56 Å². The van der Waals surface area contributed by atoms with Crippen molar-refractivity contribution in [3.8, 4) is 11.5 Å². The highest BCUT2D eigenvalue weighted by molar-refractivity contribution is 6.32. The standard InChI is InChI=1S/C15H13ClN4O/c16-11-7-4-8-18-13(11)14-19-15(21-20-14)12(17)9-10-5-2-1-3-6-10/h1-8,12H,9,17H2/t12-/m0/s1. The third-order valence-corrected chi connectivity index (χ3v) is 3.33. The fourth-order valence-corrected chi connectivity index (χ4v) is 2.19. The molecule has 0 radical (unpaired) electrons. The monoisotopic (exact) mass is 300 g/mol. The molecule has 0 bridgehead atoms. The first-order valence-electron chi connectivity index (χ1n) is 6.48. The van der Waals surface area contributed by atoms with Crippen molar-refractivity contribution in [1.29, 1.82) is 0 Å². The number of hydrogen-bond donors (Lipinski definition) is 1. The highest BCUT2D eigenvalue weighted by atomic mass is 35.5. The van der Waals surface area contributed by atoms with E-state index in [9.17, 15) is 0 Å². The lowest BCUT2D eigenvalue weighted by Crippen LogP contribution is -2.13. The summed E-state index contributed by atoms with van der Waals surface area (Å²) in [6.45, 7) is 0. The van der Waals surface area contributed by atoms with E-state index in [0.29, 0.717) is 28.9 Å². The molecule has 0 aliphatic heterocycles. The molecule has 106 valence electrons. The Kier molecular flexibility index (Phi) is 3.94. The third-order valence-electron chi connectivity index (χ3n) is 3.03. The molecule has 0 fully saturated rings. The van der Waals surface area contributed by atoms with Gasteiger partial charge in [-0.15, -0.1) is 0 Å². The van der Waals surface area contributed by atoms with Crippen molar-refractivity contribution in [2.45, 2.75) is 12.5 Å². The van der Waals surface area contributed by atoms with Crippen LogP contribution in [0.1, 0.15) is 17.5 Å². The van der Waals surface area contributed by atoms with Crippen LogP contribution in [0.4, 0.5) is 0 Å². The maximum Gasteiger partial charge on any atom is 0.244 e. The van der Waals surface area contributed by atoms with Gasteiger partial charge in [0.1, 0.15) is 5.69 Å². The SMILES string of the molecule is N[C@@H](Cc1ccccc1)c1nc(-c2ncccc2Cl)no1. The lowest BCUT2D eigenvalue weighted by atomic mass is 10.1. The molecule has 0 aliphatic carbocycles. The zero-order valence-corrected chi connectivity index (χ0v) is 11.9. The first-order chi connectivity index (χ1) is 10.2. The zero-order valence-electron chi connectivity index (χ0n) is 11.1. The van der Waals surface area contributed by atoms with Crippen molar-refractivity contribution >= 4 is 11.6 Å². The molecule has 2 heterocycles. The fourth-order valence-electron chi connectivity index (χ4n) is 1.99. The first-order valence-corrected chi connectivity index (χ1v) is 6.86. The van der Waals surface area contributed by atoms with Crippen LogP contribution in [0.2, 0.25) is 5.02 Å². The molecule has 1 aromatic carbocycles. The average Bonchev–Trinajstić information content (AvgIpc) is 2.98. The first kappa shape index (κ1) is 13.7. The Bertz CT molecular complexity index is 729. The second kappa shape index (κ2) is 6.03. The average molecular weight is 301 g/mol. The van der Waals surface area contributed by atoms with Gasteiger partial charge in [0.15, 0.2) is 0 Å². The Labute approximate surface area is 126 Å². The summed E-state index contributed by atoms with van der Waals surface area (Å²) in [6.07, 6.45) is 2.25. The van der Waals surface area contributed by atoms with Gasteiger partial charge in [0, 0.05) is 6.20 Å². The molecule has 0 spiro atoms. The van der Waals surface area contributed by atoms with Crippen LogP contribution in [-0.2, 0) is 6.42 Å². The summed E-state index contributed by atoms with van der Waals surface area (Å²) in [5, 5.41) is 4.37. The lowest BCUT2D eigenvalue weighted by Gasteiger charge is -2.05. The van der Waals surface area contributed by atoms with Crippen LogP contribution in [0.3, 0.4) is 0 Å². The van der Waals surface area contributed by atoms with Crippen LogP contribution in [0.15, 0.2) is 53.2 Å². The minimum Gasteiger partial charge on any atom is -0.337 e. The number of benzene rings is 1. The van der Waals surface area contributed by atoms with E-state index < -0.39 is 0 Å². The predicted molar refractivity (Wildman–Crippen MR) is 79.6 cm³/mol. The summed E-state index contributed by atoms with van der Waals surface area (Å²) < 4.78 is 5.22. The van der Waals surface area contributed by atoms with Gasteiger partial charge in [-0.2, -0.15) is 4.98 Å². The number of pyridine rings is 1. The molecule has 3 rings (SSSR count). The second-order valence-electron chi connectivity index (χ2n) is 4.59. The molecular formula is C15H13ClN4O. The van der Waals surface area contributed by atoms with E-state index in [4.69, 9.17) is 21.9 Å². The highest BCUT2D eigenvalue weighted by Gasteiger charge is 2.18. The Morgan fingerprint density at radius 1 is 1.14 bits per heavy atom. The van der Waals surface area contributed by atoms with Crippen molar-refractivity contribution < 1.29 is 4.52 Å². The Balaban J connectivity index is 1.80. The van der Waals surface area contributed by atoms with Gasteiger partial charge in [0.25, 0.3) is 0 Å². The van der Waals surface area contributed by atoms with Crippen LogP contribution in [-0.4, -0.2) is 15.1 Å². The number of nitrogens with two attached hydrogens (primary N) is 1. The van der Waals surface area contributed by atoms with E-state index in [1.807, 2.05) is 30.3 Å². The molecule has 2 N–H and O–H groups in total. The Morgan fingerprint density at radius 2 is 1.95 bits per heavy atom. The molecule has 0 amide bonds. The van der Waals surface area contributed by atoms with Crippen molar-refractivity contribution in [3.05, 3.63) is 65.1 Å². The number of halogens is 1. The molecule has 0 unspecified atom stereocenters. The zero-order chi connectivity index (χ0) is 14.7. The van der Waals surface area contributed by atoms with Crippen LogP contribution < -0.4 is 5.73 Å². The van der Waals surface area contributed by atoms with E-state index >= 15 is 0 Å². The summed E-state index contributed by atoms with van der Waals surface area (Å²) >= 11 is 6.06. The van der Waals surface area contributed by atoms with Gasteiger partial charge in [-0.25, -0.2) is 0 Å². The van der Waals surface area contributed by atoms with Crippen molar-refractivity contribution in [1.82, 2.24) is 15.1 Å². The van der Waals surface area contributed by atoms with Gasteiger partial charge in [0.05, 0.1) is 11.1 Å². The van der Waals surface area contributed by atoms with Crippen molar-refractivity contribution in [2.75, 3.05) is 0 Å². The topological polar surface area (TPSA) is 77.8 Å². The number of aromatic nitrogens is 3. The summed E-state index contributed by atoms with van der Waals surface area (Å²) in [4.78, 5) is 8.44. The molecule has 2 aromatic heterocycles. The highest BCUT2D eigenvalue weighted by Crippen LogP contribution is 2.24. The molecule has 1 atom stereocenters. The maximum atomic E-state index is 6.11. The summed E-state index contributed by atoms with van der Waals surface area (Å²) in [5.74, 6) is 0.717. The van der Waals surface area contributed by atoms with Crippen LogP contribution in [0, 0.1) is 0 Å². The van der Waals surface area contributed by atoms with Crippen molar-refractivity contribution in [3.63, 3.8) is 0 Å². The van der Waals surface area contributed by atoms with Gasteiger partial charge in [0.2, 0.25) is 11.7 Å². The van der Waals surface area contributed by atoms with Gasteiger partial charge >= 0.3 is 0 Å². The minimum atomic E-state index is -0.365. The predicted octanol–water partition coefficient (Wildman–Crippen LogP) is 3.03. The summed E-state index contributed by atoms with van der Waals surface area (Å²) in [5.41, 5.74) is 7.71. The maximum absolute atomic E-state index is 6.11. The Hall–Kier alpha value is -2.24. The van der Waals surface area contributed by atoms with Gasteiger partial charge in [-0.3, -0.25) is 4.98 Å². The molecule has 0 aliphatic rings. The fraction of sp³-hybridized carbons (Fsp3) is 0.133. The molecule has 0 saturated heterocycles. The van der Waals surface area contributed by atoms with Crippen LogP contribution >= 0.6 is 11.6 Å².